The number of rotatable bonds is 2. The fraction of sp³-hybridized carbons (Fsp3) is 0.500. The minimum absolute atomic E-state index is 0.192. The van der Waals surface area contributed by atoms with E-state index >= 15 is 0 Å². The zero-order valence-corrected chi connectivity index (χ0v) is 10.2. The summed E-state index contributed by atoms with van der Waals surface area (Å²) in [6.45, 7) is 0. The third kappa shape index (κ3) is 1.82. The molecule has 1 saturated heterocycles. The molecule has 5 atom stereocenters. The largest absolute Gasteiger partial charge is 0.387 e. The van der Waals surface area contributed by atoms with Crippen LogP contribution < -0.4 is 11.5 Å². The van der Waals surface area contributed by atoms with Gasteiger partial charge in [0.2, 0.25) is 0 Å². The molecule has 108 valence electrons. The monoisotopic (exact) mass is 282 g/mol. The number of hydrogen-bond donors (Lipinski definition) is 5. The van der Waals surface area contributed by atoms with Crippen LogP contribution in [0.2, 0.25) is 0 Å². The third-order valence-electron chi connectivity index (χ3n) is 3.27. The Morgan fingerprint density at radius 3 is 2.65 bits per heavy atom. The molecule has 0 amide bonds. The molecule has 10 heteroatoms. The molecule has 1 aliphatic rings. The van der Waals surface area contributed by atoms with Gasteiger partial charge >= 0.3 is 0 Å². The molecule has 10 nitrogen and oxygen atoms in total. The van der Waals surface area contributed by atoms with E-state index in [2.05, 4.69) is 15.0 Å². The van der Waals surface area contributed by atoms with Crippen LogP contribution in [-0.4, -0.2) is 59.4 Å². The average Bonchev–Trinajstić information content (AvgIpc) is 2.94. The summed E-state index contributed by atoms with van der Waals surface area (Å²) >= 11 is 0. The fourth-order valence-electron chi connectivity index (χ4n) is 2.25. The minimum atomic E-state index is -1.42. The Labute approximate surface area is 112 Å². The molecule has 3 heterocycles. The van der Waals surface area contributed by atoms with Crippen molar-refractivity contribution in [2.75, 3.05) is 5.73 Å². The van der Waals surface area contributed by atoms with Gasteiger partial charge < -0.3 is 31.5 Å². The van der Waals surface area contributed by atoms with Crippen molar-refractivity contribution in [3.05, 3.63) is 12.7 Å². The predicted octanol–water partition coefficient (Wildman–Crippen LogP) is -2.70. The first-order chi connectivity index (χ1) is 9.50. The van der Waals surface area contributed by atoms with Crippen LogP contribution in [0.5, 0.6) is 0 Å². The minimum Gasteiger partial charge on any atom is -0.387 e. The molecule has 20 heavy (non-hydrogen) atoms. The van der Waals surface area contributed by atoms with Gasteiger partial charge in [-0.1, -0.05) is 0 Å². The molecule has 7 N–H and O–H groups in total. The maximum atomic E-state index is 10.0. The van der Waals surface area contributed by atoms with Crippen molar-refractivity contribution in [1.29, 1.82) is 0 Å². The summed E-state index contributed by atoms with van der Waals surface area (Å²) in [5.74, 6) is 0.192. The first kappa shape index (κ1) is 13.1. The van der Waals surface area contributed by atoms with Gasteiger partial charge in [-0.3, -0.25) is 4.57 Å². The number of ether oxygens (including phenoxy) is 1. The molecule has 1 unspecified atom stereocenters. The van der Waals surface area contributed by atoms with E-state index in [0.717, 1.165) is 0 Å². The molecule has 2 aromatic heterocycles. The van der Waals surface area contributed by atoms with Crippen molar-refractivity contribution in [2.45, 2.75) is 30.8 Å². The Balaban J connectivity index is 2.02. The van der Waals surface area contributed by atoms with E-state index in [0.29, 0.717) is 11.2 Å². The van der Waals surface area contributed by atoms with Crippen molar-refractivity contribution in [1.82, 2.24) is 19.5 Å². The van der Waals surface area contributed by atoms with Gasteiger partial charge in [0.25, 0.3) is 0 Å². The highest BCUT2D eigenvalue weighted by molar-refractivity contribution is 5.81. The zero-order valence-electron chi connectivity index (χ0n) is 10.2. The van der Waals surface area contributed by atoms with E-state index in [4.69, 9.17) is 16.2 Å². The molecule has 0 aromatic carbocycles. The number of aliphatic hydroxyl groups excluding tert-OH is 3. The molecular weight excluding hydrogens is 268 g/mol. The summed E-state index contributed by atoms with van der Waals surface area (Å²) in [6, 6.07) is 0. The number of nitrogens with two attached hydrogens (primary N) is 2. The van der Waals surface area contributed by atoms with Crippen molar-refractivity contribution < 1.29 is 20.1 Å². The van der Waals surface area contributed by atoms with E-state index < -0.39 is 30.8 Å². The Morgan fingerprint density at radius 2 is 2.00 bits per heavy atom. The van der Waals surface area contributed by atoms with Crippen LogP contribution in [0.25, 0.3) is 11.2 Å². The third-order valence-corrected chi connectivity index (χ3v) is 3.27. The lowest BCUT2D eigenvalue weighted by atomic mass is 10.1. The summed E-state index contributed by atoms with van der Waals surface area (Å²) in [5, 5.41) is 29.2. The van der Waals surface area contributed by atoms with Gasteiger partial charge in [-0.2, -0.15) is 0 Å². The Hall–Kier alpha value is -1.85. The maximum Gasteiger partial charge on any atom is 0.167 e. The first-order valence-electron chi connectivity index (χ1n) is 5.89. The Morgan fingerprint density at radius 1 is 1.25 bits per heavy atom. The van der Waals surface area contributed by atoms with Crippen LogP contribution in [0.15, 0.2) is 12.7 Å². The van der Waals surface area contributed by atoms with Crippen molar-refractivity contribution in [3.8, 4) is 0 Å². The van der Waals surface area contributed by atoms with Crippen LogP contribution in [0.3, 0.4) is 0 Å². The van der Waals surface area contributed by atoms with E-state index in [9.17, 15) is 15.3 Å². The van der Waals surface area contributed by atoms with Crippen LogP contribution in [0, 0.1) is 0 Å². The maximum absolute atomic E-state index is 10.0. The summed E-state index contributed by atoms with van der Waals surface area (Å²) in [7, 11) is 0. The topological polar surface area (TPSA) is 166 Å². The molecule has 0 aliphatic carbocycles. The first-order valence-corrected chi connectivity index (χ1v) is 5.89. The molecule has 3 rings (SSSR count). The number of aliphatic hydroxyl groups is 3. The molecular formula is C10H14N6O4. The highest BCUT2D eigenvalue weighted by Crippen LogP contribution is 2.32. The Bertz CT molecular complexity index is 631. The highest BCUT2D eigenvalue weighted by Gasteiger charge is 2.46. The number of nitrogens with zero attached hydrogens (tertiary/aromatic N) is 4. The number of anilines is 1. The van der Waals surface area contributed by atoms with Crippen molar-refractivity contribution >= 4 is 17.0 Å². The lowest BCUT2D eigenvalue weighted by molar-refractivity contribution is -0.0813. The summed E-state index contributed by atoms with van der Waals surface area (Å²) in [4.78, 5) is 11.9. The van der Waals surface area contributed by atoms with Crippen LogP contribution in [0.4, 0.5) is 5.82 Å². The van der Waals surface area contributed by atoms with Crippen molar-refractivity contribution in [2.24, 2.45) is 5.73 Å². The number of nitrogen functional groups attached to an aromatic ring is 1. The quantitative estimate of drug-likeness (QED) is 0.368. The molecule has 2 aromatic rings. The van der Waals surface area contributed by atoms with Gasteiger partial charge in [-0.15, -0.1) is 0 Å². The molecule has 0 bridgehead atoms. The van der Waals surface area contributed by atoms with Crippen LogP contribution >= 0.6 is 0 Å². The number of aromatic nitrogens is 4. The highest BCUT2D eigenvalue weighted by atomic mass is 16.6. The Kier molecular flexibility index (Phi) is 3.03. The van der Waals surface area contributed by atoms with Gasteiger partial charge in [-0.25, -0.2) is 15.0 Å². The SMILES string of the molecule is Nc1ncnc2c1ncn2[C@@H]1O[C@H](C(N)O)[C@@H](O)[C@H]1O. The van der Waals surface area contributed by atoms with Gasteiger partial charge in [-0.05, 0) is 0 Å². The average molecular weight is 282 g/mol. The van der Waals surface area contributed by atoms with Crippen LogP contribution in [-0.2, 0) is 4.74 Å². The lowest BCUT2D eigenvalue weighted by Crippen LogP contribution is -2.43. The standard InChI is InChI=1S/C10H14N6O4/c11-7-3-9(14-1-13-7)16(2-15-3)10-5(18)4(17)6(20-10)8(12)19/h1-2,4-6,8,10,17-19H,12H2,(H2,11,13,14)/t4-,5+,6-,8?,10+/m0/s1. The molecule has 0 radical (unpaired) electrons. The smallest absolute Gasteiger partial charge is 0.167 e. The molecule has 0 saturated carbocycles. The van der Waals surface area contributed by atoms with Gasteiger partial charge in [0.05, 0.1) is 6.33 Å². The number of imidazole rings is 1. The van der Waals surface area contributed by atoms with E-state index in [1.54, 1.807) is 0 Å². The fourth-order valence-corrected chi connectivity index (χ4v) is 2.25. The van der Waals surface area contributed by atoms with Crippen molar-refractivity contribution in [3.63, 3.8) is 0 Å². The zero-order chi connectivity index (χ0) is 14.4. The number of hydrogen-bond acceptors (Lipinski definition) is 9. The lowest BCUT2D eigenvalue weighted by Gasteiger charge is -2.17. The number of fused-ring (bicyclic) bond motifs is 1. The predicted molar refractivity (Wildman–Crippen MR) is 65.9 cm³/mol. The second-order valence-electron chi connectivity index (χ2n) is 4.55. The van der Waals surface area contributed by atoms with E-state index in [1.807, 2.05) is 0 Å². The second kappa shape index (κ2) is 4.61. The van der Waals surface area contributed by atoms with Gasteiger partial charge in [0.15, 0.2) is 17.7 Å². The second-order valence-corrected chi connectivity index (χ2v) is 4.55. The molecule has 1 aliphatic heterocycles. The summed E-state index contributed by atoms with van der Waals surface area (Å²) in [6.07, 6.45) is -3.49. The van der Waals surface area contributed by atoms with Gasteiger partial charge in [0.1, 0.15) is 36.4 Å². The van der Waals surface area contributed by atoms with E-state index in [-0.39, 0.29) is 5.82 Å². The molecule has 0 spiro atoms. The normalized spacial score (nSPS) is 31.8. The van der Waals surface area contributed by atoms with Crippen LogP contribution in [0.1, 0.15) is 6.23 Å². The molecule has 1 fully saturated rings. The summed E-state index contributed by atoms with van der Waals surface area (Å²) < 4.78 is 6.79. The van der Waals surface area contributed by atoms with Gasteiger partial charge in [0, 0.05) is 0 Å². The van der Waals surface area contributed by atoms with E-state index in [1.165, 1.54) is 17.2 Å². The summed E-state index contributed by atoms with van der Waals surface area (Å²) in [5.41, 5.74) is 11.7.